The summed E-state index contributed by atoms with van der Waals surface area (Å²) in [6, 6.07) is 5.67. The van der Waals surface area contributed by atoms with E-state index in [9.17, 15) is 9.59 Å². The number of piperidine rings is 2. The Labute approximate surface area is 168 Å². The number of aromatic nitrogens is 3. The molecule has 0 radical (unpaired) electrons. The summed E-state index contributed by atoms with van der Waals surface area (Å²) >= 11 is 1.44. The number of nitrogens with zero attached hydrogens (tertiary/aromatic N) is 5. The molecule has 4 rings (SSSR count). The van der Waals surface area contributed by atoms with Crippen molar-refractivity contribution in [2.24, 2.45) is 5.92 Å². The average molecular weight is 401 g/mol. The molecule has 0 spiro atoms. The number of nitrogens with one attached hydrogen (secondary N) is 1. The Morgan fingerprint density at radius 2 is 2.07 bits per heavy atom. The molecular formula is C19H24N6O2S. The number of hydrogen-bond donors (Lipinski definition) is 1. The highest BCUT2D eigenvalue weighted by Crippen LogP contribution is 2.32. The van der Waals surface area contributed by atoms with Crippen LogP contribution in [0, 0.1) is 5.92 Å². The fourth-order valence-corrected chi connectivity index (χ4v) is 4.57. The Morgan fingerprint density at radius 3 is 2.89 bits per heavy atom. The van der Waals surface area contributed by atoms with Crippen molar-refractivity contribution in [3.63, 3.8) is 0 Å². The van der Waals surface area contributed by atoms with Gasteiger partial charge in [-0.1, -0.05) is 17.4 Å². The molecule has 1 atom stereocenters. The van der Waals surface area contributed by atoms with Crippen LogP contribution in [0.3, 0.4) is 0 Å². The summed E-state index contributed by atoms with van der Waals surface area (Å²) in [5.41, 5.74) is 0.850. The van der Waals surface area contributed by atoms with E-state index < -0.39 is 0 Å². The molecule has 2 aliphatic rings. The monoisotopic (exact) mass is 400 g/mol. The maximum atomic E-state index is 12.6. The van der Waals surface area contributed by atoms with Crippen molar-refractivity contribution in [3.8, 4) is 0 Å². The summed E-state index contributed by atoms with van der Waals surface area (Å²) in [6.45, 7) is 2.63. The first-order valence-corrected chi connectivity index (χ1v) is 10.6. The average Bonchev–Trinajstić information content (AvgIpc) is 3.23. The third kappa shape index (κ3) is 4.30. The molecule has 0 saturated carbocycles. The van der Waals surface area contributed by atoms with E-state index in [-0.39, 0.29) is 17.7 Å². The summed E-state index contributed by atoms with van der Waals surface area (Å²) in [7, 11) is 0. The number of hydrogen-bond acceptors (Lipinski definition) is 7. The minimum absolute atomic E-state index is 0.0475. The molecule has 0 aromatic carbocycles. The zero-order chi connectivity index (χ0) is 19.3. The van der Waals surface area contributed by atoms with Gasteiger partial charge in [-0.3, -0.25) is 19.5 Å². The molecule has 2 aromatic rings. The molecule has 0 aliphatic carbocycles. The van der Waals surface area contributed by atoms with Crippen molar-refractivity contribution in [1.82, 2.24) is 20.5 Å². The minimum Gasteiger partial charge on any atom is -0.350 e. The van der Waals surface area contributed by atoms with Crippen molar-refractivity contribution in [1.29, 1.82) is 0 Å². The van der Waals surface area contributed by atoms with Gasteiger partial charge in [0.15, 0.2) is 0 Å². The van der Waals surface area contributed by atoms with Crippen LogP contribution in [0.15, 0.2) is 24.4 Å². The van der Waals surface area contributed by atoms with E-state index in [0.717, 1.165) is 43.1 Å². The molecule has 1 unspecified atom stereocenters. The van der Waals surface area contributed by atoms with Gasteiger partial charge in [-0.2, -0.15) is 0 Å². The Morgan fingerprint density at radius 1 is 1.18 bits per heavy atom. The van der Waals surface area contributed by atoms with Gasteiger partial charge >= 0.3 is 0 Å². The first-order chi connectivity index (χ1) is 13.7. The van der Waals surface area contributed by atoms with Gasteiger partial charge in [-0.25, -0.2) is 0 Å². The molecule has 2 fully saturated rings. The van der Waals surface area contributed by atoms with Crippen LogP contribution in [0.25, 0.3) is 0 Å². The van der Waals surface area contributed by atoms with E-state index in [1.807, 2.05) is 18.2 Å². The normalized spacial score (nSPS) is 20.3. The molecule has 2 saturated heterocycles. The lowest BCUT2D eigenvalue weighted by molar-refractivity contribution is -0.125. The van der Waals surface area contributed by atoms with E-state index in [1.165, 1.54) is 11.3 Å². The molecule has 8 nitrogen and oxygen atoms in total. The molecule has 2 aromatic heterocycles. The molecule has 148 valence electrons. The number of amides is 2. The largest absolute Gasteiger partial charge is 0.350 e. The van der Waals surface area contributed by atoms with Crippen LogP contribution >= 0.6 is 11.3 Å². The molecule has 28 heavy (non-hydrogen) atoms. The van der Waals surface area contributed by atoms with E-state index >= 15 is 0 Å². The van der Waals surface area contributed by atoms with E-state index in [2.05, 4.69) is 25.4 Å². The third-order valence-electron chi connectivity index (χ3n) is 5.19. The Kier molecular flexibility index (Phi) is 5.80. The summed E-state index contributed by atoms with van der Waals surface area (Å²) in [5, 5.41) is 13.0. The number of carbonyl (C=O) groups is 2. The maximum absolute atomic E-state index is 12.6. The summed E-state index contributed by atoms with van der Waals surface area (Å²) < 4.78 is 0. The van der Waals surface area contributed by atoms with Crippen LogP contribution in [0.1, 0.15) is 37.8 Å². The summed E-state index contributed by atoms with van der Waals surface area (Å²) in [5.74, 6) is 0.0899. The number of rotatable bonds is 5. The van der Waals surface area contributed by atoms with Crippen molar-refractivity contribution in [3.05, 3.63) is 30.1 Å². The van der Waals surface area contributed by atoms with Crippen LogP contribution in [-0.4, -0.2) is 46.6 Å². The first-order valence-electron chi connectivity index (χ1n) is 9.77. The Balaban J connectivity index is 1.36. The van der Waals surface area contributed by atoms with Crippen LogP contribution in [0.2, 0.25) is 0 Å². The first kappa shape index (κ1) is 18.8. The highest BCUT2D eigenvalue weighted by atomic mass is 32.1. The lowest BCUT2D eigenvalue weighted by atomic mass is 9.97. The van der Waals surface area contributed by atoms with Gasteiger partial charge in [0.2, 0.25) is 22.1 Å². The zero-order valence-corrected chi connectivity index (χ0v) is 16.5. The smallest absolute Gasteiger partial charge is 0.228 e. The molecule has 4 heterocycles. The Bertz CT molecular complexity index is 827. The molecular weight excluding hydrogens is 376 g/mol. The fraction of sp³-hybridized carbons (Fsp3) is 0.526. The van der Waals surface area contributed by atoms with Crippen LogP contribution in [0.4, 0.5) is 10.3 Å². The summed E-state index contributed by atoms with van der Waals surface area (Å²) in [4.78, 5) is 32.8. The van der Waals surface area contributed by atoms with Crippen LogP contribution < -0.4 is 15.1 Å². The summed E-state index contributed by atoms with van der Waals surface area (Å²) in [6.07, 6.45) is 6.05. The van der Waals surface area contributed by atoms with Crippen molar-refractivity contribution in [2.45, 2.75) is 38.6 Å². The Hall–Kier alpha value is -2.55. The number of carbonyl (C=O) groups excluding carboxylic acids is 2. The fourth-order valence-electron chi connectivity index (χ4n) is 3.64. The molecule has 1 N–H and O–H groups in total. The van der Waals surface area contributed by atoms with Crippen molar-refractivity contribution in [2.75, 3.05) is 29.4 Å². The second kappa shape index (κ2) is 8.64. The zero-order valence-electron chi connectivity index (χ0n) is 15.7. The lowest BCUT2D eigenvalue weighted by Gasteiger charge is -2.31. The number of pyridine rings is 1. The SMILES string of the molecule is O=C(NCc1ccccn1)C1CCCN(c2nnc(N3CCCCC3=O)s2)C1. The van der Waals surface area contributed by atoms with Gasteiger partial charge in [-0.15, -0.1) is 10.2 Å². The molecule has 9 heteroatoms. The maximum Gasteiger partial charge on any atom is 0.228 e. The van der Waals surface area contributed by atoms with Gasteiger partial charge in [0, 0.05) is 32.3 Å². The van der Waals surface area contributed by atoms with E-state index in [0.29, 0.717) is 31.2 Å². The highest BCUT2D eigenvalue weighted by Gasteiger charge is 2.29. The standard InChI is InChI=1S/C19H24N6O2S/c26-16-8-2-4-11-25(16)19-23-22-18(28-19)24-10-5-6-14(13-24)17(27)21-12-15-7-1-3-9-20-15/h1,3,7,9,14H,2,4-6,8,10-13H2,(H,21,27). The lowest BCUT2D eigenvalue weighted by Crippen LogP contribution is -2.43. The highest BCUT2D eigenvalue weighted by molar-refractivity contribution is 7.19. The van der Waals surface area contributed by atoms with Gasteiger partial charge < -0.3 is 10.2 Å². The topological polar surface area (TPSA) is 91.3 Å². The van der Waals surface area contributed by atoms with Crippen molar-refractivity contribution < 1.29 is 9.59 Å². The quantitative estimate of drug-likeness (QED) is 0.825. The second-order valence-electron chi connectivity index (χ2n) is 7.19. The molecule has 2 aliphatic heterocycles. The van der Waals surface area contributed by atoms with Gasteiger partial charge in [0.05, 0.1) is 18.2 Å². The van der Waals surface area contributed by atoms with Gasteiger partial charge in [0.1, 0.15) is 0 Å². The minimum atomic E-state index is -0.0820. The van der Waals surface area contributed by atoms with Crippen LogP contribution in [0.5, 0.6) is 0 Å². The molecule has 2 amide bonds. The number of anilines is 2. The van der Waals surface area contributed by atoms with E-state index in [4.69, 9.17) is 0 Å². The molecule has 0 bridgehead atoms. The predicted octanol–water partition coefficient (Wildman–Crippen LogP) is 1.98. The van der Waals surface area contributed by atoms with E-state index in [1.54, 1.807) is 11.1 Å². The van der Waals surface area contributed by atoms with Crippen LogP contribution in [-0.2, 0) is 16.1 Å². The second-order valence-corrected chi connectivity index (χ2v) is 8.13. The predicted molar refractivity (Wildman–Crippen MR) is 107 cm³/mol. The van der Waals surface area contributed by atoms with Crippen molar-refractivity contribution >= 4 is 33.4 Å². The third-order valence-corrected chi connectivity index (χ3v) is 6.20. The van der Waals surface area contributed by atoms with Gasteiger partial charge in [0.25, 0.3) is 0 Å². The van der Waals surface area contributed by atoms with Gasteiger partial charge in [-0.05, 0) is 37.8 Å².